The summed E-state index contributed by atoms with van der Waals surface area (Å²) >= 11 is 0. The standard InChI is InChI=1S/C11H15N5O/c1-8-4-10(16-11(15-8)13-7-14-16)17-6-9-2-3-12-5-9/h4,7,9,12H,2-3,5-6H2,1H3. The molecule has 1 fully saturated rings. The fourth-order valence-electron chi connectivity index (χ4n) is 2.06. The maximum Gasteiger partial charge on any atom is 0.255 e. The van der Waals surface area contributed by atoms with Crippen LogP contribution in [0, 0.1) is 12.8 Å². The van der Waals surface area contributed by atoms with Crippen LogP contribution in [0.3, 0.4) is 0 Å². The normalized spacial score (nSPS) is 19.9. The average molecular weight is 233 g/mol. The van der Waals surface area contributed by atoms with Crippen molar-refractivity contribution < 1.29 is 4.74 Å². The first-order valence-electron chi connectivity index (χ1n) is 5.84. The van der Waals surface area contributed by atoms with E-state index < -0.39 is 0 Å². The molecule has 0 aromatic carbocycles. The molecule has 1 atom stereocenters. The predicted molar refractivity (Wildman–Crippen MR) is 62.0 cm³/mol. The lowest BCUT2D eigenvalue weighted by Gasteiger charge is -2.11. The van der Waals surface area contributed by atoms with E-state index >= 15 is 0 Å². The van der Waals surface area contributed by atoms with E-state index in [1.54, 1.807) is 4.52 Å². The summed E-state index contributed by atoms with van der Waals surface area (Å²) in [4.78, 5) is 8.34. The third-order valence-corrected chi connectivity index (χ3v) is 2.98. The van der Waals surface area contributed by atoms with Gasteiger partial charge in [0.2, 0.25) is 5.88 Å². The molecule has 0 spiro atoms. The zero-order chi connectivity index (χ0) is 11.7. The summed E-state index contributed by atoms with van der Waals surface area (Å²) in [5.41, 5.74) is 0.894. The minimum absolute atomic E-state index is 0.585. The van der Waals surface area contributed by atoms with E-state index in [1.807, 2.05) is 13.0 Å². The average Bonchev–Trinajstić information content (AvgIpc) is 2.95. The van der Waals surface area contributed by atoms with Crippen LogP contribution >= 0.6 is 0 Å². The van der Waals surface area contributed by atoms with Crippen LogP contribution < -0.4 is 10.1 Å². The van der Waals surface area contributed by atoms with Gasteiger partial charge in [-0.1, -0.05) is 0 Å². The van der Waals surface area contributed by atoms with Crippen LogP contribution in [0.5, 0.6) is 5.88 Å². The maximum absolute atomic E-state index is 5.82. The third-order valence-electron chi connectivity index (χ3n) is 2.98. The minimum Gasteiger partial charge on any atom is -0.477 e. The number of rotatable bonds is 3. The van der Waals surface area contributed by atoms with Crippen LogP contribution in [0.15, 0.2) is 12.4 Å². The molecule has 90 valence electrons. The zero-order valence-corrected chi connectivity index (χ0v) is 9.76. The van der Waals surface area contributed by atoms with Crippen molar-refractivity contribution in [3.05, 3.63) is 18.1 Å². The van der Waals surface area contributed by atoms with Crippen molar-refractivity contribution in [1.29, 1.82) is 0 Å². The molecule has 17 heavy (non-hydrogen) atoms. The van der Waals surface area contributed by atoms with Gasteiger partial charge in [0, 0.05) is 24.2 Å². The highest BCUT2D eigenvalue weighted by Crippen LogP contribution is 2.15. The molecule has 6 nitrogen and oxygen atoms in total. The lowest BCUT2D eigenvalue weighted by Crippen LogP contribution is -2.16. The molecule has 6 heteroatoms. The highest BCUT2D eigenvalue weighted by Gasteiger charge is 2.16. The second kappa shape index (κ2) is 4.29. The van der Waals surface area contributed by atoms with Crippen molar-refractivity contribution in [2.75, 3.05) is 19.7 Å². The van der Waals surface area contributed by atoms with E-state index in [2.05, 4.69) is 20.4 Å². The first-order valence-corrected chi connectivity index (χ1v) is 5.84. The van der Waals surface area contributed by atoms with Crippen molar-refractivity contribution in [2.24, 2.45) is 5.92 Å². The van der Waals surface area contributed by atoms with Gasteiger partial charge in [0.15, 0.2) is 0 Å². The first kappa shape index (κ1) is 10.5. The molecule has 0 saturated carbocycles. The van der Waals surface area contributed by atoms with Gasteiger partial charge in [-0.25, -0.2) is 4.98 Å². The number of nitrogens with one attached hydrogen (secondary N) is 1. The van der Waals surface area contributed by atoms with E-state index in [-0.39, 0.29) is 0 Å². The van der Waals surface area contributed by atoms with Gasteiger partial charge in [-0.2, -0.15) is 14.6 Å². The molecule has 1 unspecified atom stereocenters. The lowest BCUT2D eigenvalue weighted by molar-refractivity contribution is 0.245. The number of nitrogens with zero attached hydrogens (tertiary/aromatic N) is 4. The van der Waals surface area contributed by atoms with Crippen molar-refractivity contribution in [2.45, 2.75) is 13.3 Å². The van der Waals surface area contributed by atoms with Crippen molar-refractivity contribution in [1.82, 2.24) is 24.9 Å². The van der Waals surface area contributed by atoms with Crippen LogP contribution in [0.4, 0.5) is 0 Å². The van der Waals surface area contributed by atoms with E-state index in [1.165, 1.54) is 12.7 Å². The molecule has 2 aromatic heterocycles. The molecule has 3 rings (SSSR count). The first-order chi connectivity index (χ1) is 8.33. The van der Waals surface area contributed by atoms with E-state index in [4.69, 9.17) is 4.74 Å². The Balaban J connectivity index is 1.81. The van der Waals surface area contributed by atoms with Gasteiger partial charge in [-0.05, 0) is 19.9 Å². The number of ether oxygens (including phenoxy) is 1. The molecule has 1 aliphatic heterocycles. The Labute approximate surface area is 99.0 Å². The highest BCUT2D eigenvalue weighted by atomic mass is 16.5. The molecule has 0 amide bonds. The molecule has 0 aliphatic carbocycles. The SMILES string of the molecule is Cc1cc(OCC2CCNC2)n2ncnc2n1. The number of hydrogen-bond acceptors (Lipinski definition) is 5. The van der Waals surface area contributed by atoms with Gasteiger partial charge >= 0.3 is 0 Å². The molecule has 3 heterocycles. The van der Waals surface area contributed by atoms with Crippen LogP contribution in [0.25, 0.3) is 5.78 Å². The van der Waals surface area contributed by atoms with Gasteiger partial charge in [-0.3, -0.25) is 0 Å². The molecule has 2 aromatic rings. The molecular formula is C11H15N5O. The molecule has 1 saturated heterocycles. The smallest absolute Gasteiger partial charge is 0.255 e. The Hall–Kier alpha value is -1.69. The summed E-state index contributed by atoms with van der Waals surface area (Å²) in [5.74, 6) is 1.89. The van der Waals surface area contributed by atoms with Gasteiger partial charge < -0.3 is 10.1 Å². The van der Waals surface area contributed by atoms with Gasteiger partial charge in [-0.15, -0.1) is 0 Å². The molecule has 0 bridgehead atoms. The van der Waals surface area contributed by atoms with Crippen LogP contribution in [-0.2, 0) is 0 Å². The summed E-state index contributed by atoms with van der Waals surface area (Å²) in [6, 6.07) is 1.89. The lowest BCUT2D eigenvalue weighted by atomic mass is 10.1. The fraction of sp³-hybridized carbons (Fsp3) is 0.545. The number of aromatic nitrogens is 4. The summed E-state index contributed by atoms with van der Waals surface area (Å²) in [5, 5.41) is 7.43. The Morgan fingerprint density at radius 3 is 3.35 bits per heavy atom. The zero-order valence-electron chi connectivity index (χ0n) is 9.76. The largest absolute Gasteiger partial charge is 0.477 e. The predicted octanol–water partition coefficient (Wildman–Crippen LogP) is 0.421. The van der Waals surface area contributed by atoms with Crippen molar-refractivity contribution in [3.8, 4) is 5.88 Å². The van der Waals surface area contributed by atoms with Gasteiger partial charge in [0.25, 0.3) is 5.78 Å². The van der Waals surface area contributed by atoms with Crippen molar-refractivity contribution >= 4 is 5.78 Å². The van der Waals surface area contributed by atoms with Crippen molar-refractivity contribution in [3.63, 3.8) is 0 Å². The molecule has 1 N–H and O–H groups in total. The Kier molecular flexibility index (Phi) is 2.64. The monoisotopic (exact) mass is 233 g/mol. The molecular weight excluding hydrogens is 218 g/mol. The van der Waals surface area contributed by atoms with Gasteiger partial charge in [0.1, 0.15) is 6.33 Å². The Morgan fingerprint density at radius 2 is 2.53 bits per heavy atom. The summed E-state index contributed by atoms with van der Waals surface area (Å²) < 4.78 is 7.46. The summed E-state index contributed by atoms with van der Waals surface area (Å²) in [6.07, 6.45) is 2.66. The maximum atomic E-state index is 5.82. The second-order valence-corrected chi connectivity index (χ2v) is 4.38. The fourth-order valence-corrected chi connectivity index (χ4v) is 2.06. The van der Waals surface area contributed by atoms with Crippen LogP contribution in [0.1, 0.15) is 12.1 Å². The summed E-state index contributed by atoms with van der Waals surface area (Å²) in [7, 11) is 0. The Morgan fingerprint density at radius 1 is 1.59 bits per heavy atom. The number of fused-ring (bicyclic) bond motifs is 1. The molecule has 0 radical (unpaired) electrons. The van der Waals surface area contributed by atoms with E-state index in [0.29, 0.717) is 18.3 Å². The highest BCUT2D eigenvalue weighted by molar-refractivity contribution is 5.32. The minimum atomic E-state index is 0.585. The summed E-state index contributed by atoms with van der Waals surface area (Å²) in [6.45, 7) is 4.76. The Bertz CT molecular complexity index is 518. The second-order valence-electron chi connectivity index (χ2n) is 4.38. The molecule has 1 aliphatic rings. The van der Waals surface area contributed by atoms with E-state index in [9.17, 15) is 0 Å². The topological polar surface area (TPSA) is 64.3 Å². The number of hydrogen-bond donors (Lipinski definition) is 1. The van der Waals surface area contributed by atoms with E-state index in [0.717, 1.165) is 24.7 Å². The van der Waals surface area contributed by atoms with Gasteiger partial charge in [0.05, 0.1) is 6.61 Å². The van der Waals surface area contributed by atoms with Crippen LogP contribution in [-0.4, -0.2) is 39.3 Å². The van der Waals surface area contributed by atoms with Crippen LogP contribution in [0.2, 0.25) is 0 Å². The third kappa shape index (κ3) is 2.08. The number of aryl methyl sites for hydroxylation is 1. The quantitative estimate of drug-likeness (QED) is 0.832.